The van der Waals surface area contributed by atoms with Crippen LogP contribution in [-0.2, 0) is 11.3 Å². The summed E-state index contributed by atoms with van der Waals surface area (Å²) in [6.45, 7) is 1.13. The van der Waals surface area contributed by atoms with Crippen LogP contribution in [0.5, 0.6) is 0 Å². The van der Waals surface area contributed by atoms with Gasteiger partial charge in [-0.15, -0.1) is 0 Å². The van der Waals surface area contributed by atoms with Gasteiger partial charge in [0.05, 0.1) is 10.9 Å². The van der Waals surface area contributed by atoms with E-state index in [1.54, 1.807) is 24.3 Å². The van der Waals surface area contributed by atoms with Gasteiger partial charge in [0.15, 0.2) is 0 Å². The molecule has 1 N–H and O–H groups in total. The van der Waals surface area contributed by atoms with Crippen molar-refractivity contribution >= 4 is 16.8 Å². The number of benzene rings is 1. The molecule has 1 saturated carbocycles. The van der Waals surface area contributed by atoms with Gasteiger partial charge in [-0.1, -0.05) is 25.0 Å². The van der Waals surface area contributed by atoms with E-state index in [0.717, 1.165) is 19.4 Å². The van der Waals surface area contributed by atoms with Crippen LogP contribution in [0.4, 0.5) is 0 Å². The van der Waals surface area contributed by atoms with E-state index in [1.165, 1.54) is 30.3 Å². The Morgan fingerprint density at radius 2 is 1.85 bits per heavy atom. The number of H-pyrrole nitrogens is 1. The number of hydrogen-bond donors (Lipinski definition) is 1. The van der Waals surface area contributed by atoms with Crippen molar-refractivity contribution in [2.24, 2.45) is 5.92 Å². The van der Waals surface area contributed by atoms with Crippen LogP contribution in [0.15, 0.2) is 33.9 Å². The number of nitrogens with one attached hydrogen (secondary N) is 1. The Kier molecular flexibility index (Phi) is 4.66. The van der Waals surface area contributed by atoms with Crippen LogP contribution in [-0.4, -0.2) is 32.9 Å². The van der Waals surface area contributed by atoms with Crippen LogP contribution in [0.1, 0.15) is 44.9 Å². The summed E-state index contributed by atoms with van der Waals surface area (Å²) in [6.07, 6.45) is 7.43. The van der Waals surface area contributed by atoms with Gasteiger partial charge in [-0.2, -0.15) is 0 Å². The molecule has 2 aliphatic rings. The molecule has 138 valence electrons. The second kappa shape index (κ2) is 7.09. The summed E-state index contributed by atoms with van der Waals surface area (Å²) in [6, 6.07) is 7.41. The van der Waals surface area contributed by atoms with Crippen LogP contribution in [0.3, 0.4) is 0 Å². The van der Waals surface area contributed by atoms with Gasteiger partial charge in [0.2, 0.25) is 5.91 Å². The first-order chi connectivity index (χ1) is 12.6. The number of fused-ring (bicyclic) bond motifs is 2. The van der Waals surface area contributed by atoms with E-state index in [-0.39, 0.29) is 11.5 Å². The van der Waals surface area contributed by atoms with Crippen LogP contribution in [0.2, 0.25) is 0 Å². The smallest absolute Gasteiger partial charge is 0.328 e. The third kappa shape index (κ3) is 3.08. The third-order valence-corrected chi connectivity index (χ3v) is 6.02. The van der Waals surface area contributed by atoms with Gasteiger partial charge >= 0.3 is 5.69 Å². The minimum Gasteiger partial charge on any atom is -0.339 e. The summed E-state index contributed by atoms with van der Waals surface area (Å²) in [5, 5.41) is 0.477. The molecule has 1 aromatic heterocycles. The molecular formula is C20H25N3O3. The molecule has 1 saturated heterocycles. The first-order valence-electron chi connectivity index (χ1n) is 9.66. The molecule has 0 bridgehead atoms. The summed E-state index contributed by atoms with van der Waals surface area (Å²) >= 11 is 0. The number of carbonyl (C=O) groups is 1. The van der Waals surface area contributed by atoms with Crippen molar-refractivity contribution in [3.05, 3.63) is 45.1 Å². The maximum Gasteiger partial charge on any atom is 0.328 e. The summed E-state index contributed by atoms with van der Waals surface area (Å²) in [5.41, 5.74) is -0.242. The number of nitrogens with zero attached hydrogens (tertiary/aromatic N) is 2. The molecule has 1 aliphatic heterocycles. The van der Waals surface area contributed by atoms with E-state index in [4.69, 9.17) is 0 Å². The molecule has 0 unspecified atom stereocenters. The number of para-hydroxylation sites is 1. The molecule has 1 amide bonds. The average molecular weight is 355 g/mol. The predicted octanol–water partition coefficient (Wildman–Crippen LogP) is 2.26. The van der Waals surface area contributed by atoms with Crippen molar-refractivity contribution < 1.29 is 4.79 Å². The standard InChI is InChI=1S/C20H25N3O3/c24-18(22-12-5-7-14-6-1-3-9-16(14)22)11-13-23-17-10-4-2-8-15(17)19(25)21-20(23)26/h2,4,8,10,14,16H,1,3,5-7,9,11-13H2,(H,21,25,26)/t14-,16+/m1/s1. The molecule has 6 nitrogen and oxygen atoms in total. The lowest BCUT2D eigenvalue weighted by molar-refractivity contribution is -0.137. The highest BCUT2D eigenvalue weighted by atomic mass is 16.2. The Labute approximate surface area is 151 Å². The Bertz CT molecular complexity index is 928. The average Bonchev–Trinajstić information content (AvgIpc) is 2.67. The molecule has 0 spiro atoms. The summed E-state index contributed by atoms with van der Waals surface area (Å²) in [4.78, 5) is 41.5. The first kappa shape index (κ1) is 17.1. The van der Waals surface area contributed by atoms with Gasteiger partial charge in [0.1, 0.15) is 0 Å². The molecular weight excluding hydrogens is 330 g/mol. The number of aromatic nitrogens is 2. The Hall–Kier alpha value is -2.37. The Balaban J connectivity index is 1.54. The van der Waals surface area contributed by atoms with Crippen molar-refractivity contribution in [2.45, 2.75) is 57.5 Å². The number of carbonyl (C=O) groups excluding carboxylic acids is 1. The number of aryl methyl sites for hydroxylation is 1. The lowest BCUT2D eigenvalue weighted by Gasteiger charge is -2.44. The topological polar surface area (TPSA) is 75.2 Å². The third-order valence-electron chi connectivity index (χ3n) is 6.02. The molecule has 1 aromatic carbocycles. The fourth-order valence-electron chi connectivity index (χ4n) is 4.75. The Morgan fingerprint density at radius 3 is 2.73 bits per heavy atom. The van der Waals surface area contributed by atoms with Gasteiger partial charge in [-0.25, -0.2) is 4.79 Å². The molecule has 4 rings (SSSR count). The van der Waals surface area contributed by atoms with Crippen LogP contribution in [0.25, 0.3) is 10.9 Å². The molecule has 2 aromatic rings. The monoisotopic (exact) mass is 355 g/mol. The van der Waals surface area contributed by atoms with E-state index in [0.29, 0.717) is 35.8 Å². The number of rotatable bonds is 3. The summed E-state index contributed by atoms with van der Waals surface area (Å²) in [5.74, 6) is 0.780. The Morgan fingerprint density at radius 1 is 1.08 bits per heavy atom. The first-order valence-corrected chi connectivity index (χ1v) is 9.66. The highest BCUT2D eigenvalue weighted by Crippen LogP contribution is 2.35. The van der Waals surface area contributed by atoms with E-state index in [9.17, 15) is 14.4 Å². The quantitative estimate of drug-likeness (QED) is 0.918. The lowest BCUT2D eigenvalue weighted by Crippen LogP contribution is -2.50. The number of aromatic amines is 1. The van der Waals surface area contributed by atoms with E-state index in [1.807, 2.05) is 0 Å². The van der Waals surface area contributed by atoms with Crippen molar-refractivity contribution in [3.63, 3.8) is 0 Å². The van der Waals surface area contributed by atoms with E-state index >= 15 is 0 Å². The molecule has 0 radical (unpaired) electrons. The zero-order chi connectivity index (χ0) is 18.1. The minimum atomic E-state index is -0.448. The maximum atomic E-state index is 12.9. The molecule has 26 heavy (non-hydrogen) atoms. The second-order valence-electron chi connectivity index (χ2n) is 7.52. The highest BCUT2D eigenvalue weighted by molar-refractivity contribution is 5.79. The van der Waals surface area contributed by atoms with Crippen molar-refractivity contribution in [1.82, 2.24) is 14.5 Å². The van der Waals surface area contributed by atoms with Crippen LogP contribution < -0.4 is 11.2 Å². The van der Waals surface area contributed by atoms with Gasteiger partial charge in [0, 0.05) is 25.6 Å². The molecule has 6 heteroatoms. The molecule has 1 aliphatic carbocycles. The van der Waals surface area contributed by atoms with Crippen LogP contribution >= 0.6 is 0 Å². The minimum absolute atomic E-state index is 0.129. The highest BCUT2D eigenvalue weighted by Gasteiger charge is 2.35. The lowest BCUT2D eigenvalue weighted by atomic mass is 9.78. The number of piperidine rings is 1. The molecule has 2 heterocycles. The second-order valence-corrected chi connectivity index (χ2v) is 7.52. The van der Waals surface area contributed by atoms with Crippen molar-refractivity contribution in [2.75, 3.05) is 6.54 Å². The van der Waals surface area contributed by atoms with Gasteiger partial charge in [-0.05, 0) is 43.7 Å². The van der Waals surface area contributed by atoms with Gasteiger partial charge in [-0.3, -0.25) is 19.1 Å². The fourth-order valence-corrected chi connectivity index (χ4v) is 4.75. The van der Waals surface area contributed by atoms with Gasteiger partial charge < -0.3 is 4.90 Å². The maximum absolute atomic E-state index is 12.9. The van der Waals surface area contributed by atoms with E-state index < -0.39 is 5.69 Å². The molecule has 2 fully saturated rings. The zero-order valence-electron chi connectivity index (χ0n) is 14.9. The SMILES string of the molecule is O=C(CCn1c(=O)[nH]c(=O)c2ccccc21)N1CCC[C@H]2CCCC[C@@H]21. The normalized spacial score (nSPS) is 23.0. The van der Waals surface area contributed by atoms with Crippen molar-refractivity contribution in [3.8, 4) is 0 Å². The number of amides is 1. The fraction of sp³-hybridized carbons (Fsp3) is 0.550. The van der Waals surface area contributed by atoms with Crippen molar-refractivity contribution in [1.29, 1.82) is 0 Å². The molecule has 2 atom stereocenters. The van der Waals surface area contributed by atoms with Gasteiger partial charge in [0.25, 0.3) is 5.56 Å². The van der Waals surface area contributed by atoms with Crippen LogP contribution in [0, 0.1) is 5.92 Å². The van der Waals surface area contributed by atoms with E-state index in [2.05, 4.69) is 9.88 Å². The number of likely N-dealkylation sites (tertiary alicyclic amines) is 1. The number of hydrogen-bond acceptors (Lipinski definition) is 3. The predicted molar refractivity (Wildman–Crippen MR) is 100 cm³/mol. The summed E-state index contributed by atoms with van der Waals surface area (Å²) < 4.78 is 1.51. The zero-order valence-corrected chi connectivity index (χ0v) is 14.9. The largest absolute Gasteiger partial charge is 0.339 e. The summed E-state index contributed by atoms with van der Waals surface area (Å²) in [7, 11) is 0.